The van der Waals surface area contributed by atoms with Crippen LogP contribution in [0, 0.1) is 0 Å². The lowest BCUT2D eigenvalue weighted by Gasteiger charge is -2.19. The summed E-state index contributed by atoms with van der Waals surface area (Å²) in [6.07, 6.45) is 3.55. The van der Waals surface area contributed by atoms with Crippen molar-refractivity contribution in [1.82, 2.24) is 4.98 Å². The summed E-state index contributed by atoms with van der Waals surface area (Å²) in [5.74, 6) is 1.65. The molecule has 5 rings (SSSR count). The smallest absolute Gasteiger partial charge is 0.135 e. The molecule has 1 aliphatic carbocycles. The van der Waals surface area contributed by atoms with Gasteiger partial charge in [0.05, 0.1) is 24.9 Å². The second-order valence-electron chi connectivity index (χ2n) is 7.71. The molecule has 0 fully saturated rings. The molecule has 3 aromatic carbocycles. The molecule has 0 saturated carbocycles. The van der Waals surface area contributed by atoms with Crippen LogP contribution in [0.5, 0.6) is 5.75 Å². The average Bonchev–Trinajstić information content (AvgIpc) is 3.22. The van der Waals surface area contributed by atoms with Crippen molar-refractivity contribution in [3.63, 3.8) is 0 Å². The fourth-order valence-corrected chi connectivity index (χ4v) is 4.37. The molecule has 0 aliphatic heterocycles. The van der Waals surface area contributed by atoms with Crippen molar-refractivity contribution in [3.05, 3.63) is 89.5 Å². The molecule has 1 aliphatic rings. The highest BCUT2D eigenvalue weighted by Gasteiger charge is 2.23. The Hall–Kier alpha value is -3.86. The number of methoxy groups -OCH3 is 1. The molecule has 0 saturated heterocycles. The first-order valence-corrected chi connectivity index (χ1v) is 10.4. The van der Waals surface area contributed by atoms with Crippen molar-refractivity contribution in [2.75, 3.05) is 12.4 Å². The van der Waals surface area contributed by atoms with Crippen LogP contribution in [0.1, 0.15) is 29.2 Å². The third-order valence-corrected chi connectivity index (χ3v) is 5.93. The lowest BCUT2D eigenvalue weighted by atomic mass is 10.0. The highest BCUT2D eigenvalue weighted by atomic mass is 16.5. The lowest BCUT2D eigenvalue weighted by molar-refractivity contribution is 0.322. The fraction of sp³-hybridized carbons (Fsp3) is 0.154. The van der Waals surface area contributed by atoms with Crippen LogP contribution >= 0.6 is 0 Å². The Morgan fingerprint density at radius 1 is 1.06 bits per heavy atom. The summed E-state index contributed by atoms with van der Waals surface area (Å²) in [7, 11) is 1.66. The summed E-state index contributed by atoms with van der Waals surface area (Å²) in [4.78, 5) is 4.99. The molecule has 0 unspecified atom stereocenters. The zero-order chi connectivity index (χ0) is 21.2. The summed E-state index contributed by atoms with van der Waals surface area (Å²) in [5.41, 5.74) is 6.45. The highest BCUT2D eigenvalue weighted by Crippen LogP contribution is 2.38. The van der Waals surface area contributed by atoms with Crippen molar-refractivity contribution < 1.29 is 9.94 Å². The Labute approximate surface area is 181 Å². The van der Waals surface area contributed by atoms with Gasteiger partial charge < -0.3 is 15.3 Å². The van der Waals surface area contributed by atoms with Crippen LogP contribution in [0.15, 0.2) is 78.0 Å². The number of anilines is 1. The van der Waals surface area contributed by atoms with Crippen LogP contribution in [0.4, 0.5) is 5.82 Å². The molecular weight excluding hydrogens is 386 g/mol. The van der Waals surface area contributed by atoms with E-state index in [2.05, 4.69) is 40.8 Å². The topological polar surface area (TPSA) is 66.7 Å². The molecule has 0 amide bonds. The molecule has 0 bridgehead atoms. The van der Waals surface area contributed by atoms with Gasteiger partial charge in [0, 0.05) is 16.5 Å². The number of aryl methyl sites for hydroxylation is 1. The van der Waals surface area contributed by atoms with Gasteiger partial charge in [-0.1, -0.05) is 53.7 Å². The van der Waals surface area contributed by atoms with Crippen molar-refractivity contribution in [1.29, 1.82) is 0 Å². The number of nitrogens with zero attached hydrogens (tertiary/aromatic N) is 2. The summed E-state index contributed by atoms with van der Waals surface area (Å²) in [6, 6.07) is 24.7. The maximum Gasteiger partial charge on any atom is 0.135 e. The Morgan fingerprint density at radius 3 is 2.71 bits per heavy atom. The maximum absolute atomic E-state index is 9.08. The minimum atomic E-state index is 0.223. The van der Waals surface area contributed by atoms with Crippen LogP contribution < -0.4 is 10.1 Å². The van der Waals surface area contributed by atoms with Crippen LogP contribution in [-0.4, -0.2) is 23.5 Å². The molecule has 5 heteroatoms. The zero-order valence-corrected chi connectivity index (χ0v) is 17.2. The van der Waals surface area contributed by atoms with Crippen LogP contribution in [-0.2, 0) is 6.42 Å². The number of fused-ring (bicyclic) bond motifs is 2. The first kappa shape index (κ1) is 19.1. The molecule has 1 heterocycles. The highest BCUT2D eigenvalue weighted by molar-refractivity contribution is 6.01. The predicted octanol–water partition coefficient (Wildman–Crippen LogP) is 5.82. The predicted molar refractivity (Wildman–Crippen MR) is 124 cm³/mol. The first-order valence-electron chi connectivity index (χ1n) is 10.4. The molecule has 31 heavy (non-hydrogen) atoms. The van der Waals surface area contributed by atoms with Crippen LogP contribution in [0.2, 0.25) is 0 Å². The van der Waals surface area contributed by atoms with Crippen LogP contribution in [0.25, 0.3) is 22.0 Å². The average molecular weight is 409 g/mol. The van der Waals surface area contributed by atoms with Gasteiger partial charge in [-0.15, -0.1) is 0 Å². The summed E-state index contributed by atoms with van der Waals surface area (Å²) in [6.45, 7) is 0. The Morgan fingerprint density at radius 2 is 1.90 bits per heavy atom. The van der Waals surface area contributed by atoms with Crippen molar-refractivity contribution in [3.8, 4) is 16.9 Å². The number of benzene rings is 3. The number of hydrogen-bond acceptors (Lipinski definition) is 5. The number of aromatic nitrogens is 1. The zero-order valence-electron chi connectivity index (χ0n) is 17.2. The molecule has 154 valence electrons. The number of oxime groups is 1. The fourth-order valence-electron chi connectivity index (χ4n) is 4.37. The Kier molecular flexibility index (Phi) is 5.00. The van der Waals surface area contributed by atoms with Crippen LogP contribution in [0.3, 0.4) is 0 Å². The van der Waals surface area contributed by atoms with E-state index in [0.717, 1.165) is 52.0 Å². The van der Waals surface area contributed by atoms with E-state index in [1.807, 2.05) is 42.5 Å². The molecule has 0 radical (unpaired) electrons. The van der Waals surface area contributed by atoms with Gasteiger partial charge in [-0.3, -0.25) is 0 Å². The first-order chi connectivity index (χ1) is 15.3. The number of nitrogens with one attached hydrogen (secondary N) is 1. The Balaban J connectivity index is 1.65. The number of pyridine rings is 1. The molecular formula is C26H23N3O2. The van der Waals surface area contributed by atoms with E-state index < -0.39 is 0 Å². The quantitative estimate of drug-likeness (QED) is 0.248. The molecule has 4 aromatic rings. The summed E-state index contributed by atoms with van der Waals surface area (Å²) in [5, 5.41) is 17.0. The molecule has 1 aromatic heterocycles. The van der Waals surface area contributed by atoms with Gasteiger partial charge in [0.1, 0.15) is 11.6 Å². The third kappa shape index (κ3) is 3.59. The van der Waals surface area contributed by atoms with Gasteiger partial charge in [0.2, 0.25) is 0 Å². The minimum absolute atomic E-state index is 0.223. The van der Waals surface area contributed by atoms with E-state index in [0.29, 0.717) is 0 Å². The van der Waals surface area contributed by atoms with Gasteiger partial charge in [0.25, 0.3) is 0 Å². The number of rotatable bonds is 5. The lowest BCUT2D eigenvalue weighted by Crippen LogP contribution is -2.10. The van der Waals surface area contributed by atoms with E-state index in [9.17, 15) is 0 Å². The van der Waals surface area contributed by atoms with Crippen molar-refractivity contribution >= 4 is 22.9 Å². The second kappa shape index (κ2) is 8.11. The van der Waals surface area contributed by atoms with E-state index in [4.69, 9.17) is 14.9 Å². The van der Waals surface area contributed by atoms with Crippen molar-refractivity contribution in [2.24, 2.45) is 5.16 Å². The monoisotopic (exact) mass is 409 g/mol. The van der Waals surface area contributed by atoms with E-state index in [1.165, 1.54) is 17.3 Å². The minimum Gasteiger partial charge on any atom is -0.497 e. The van der Waals surface area contributed by atoms with E-state index >= 15 is 0 Å². The van der Waals surface area contributed by atoms with Gasteiger partial charge >= 0.3 is 0 Å². The van der Waals surface area contributed by atoms with Gasteiger partial charge in [-0.2, -0.15) is 0 Å². The third-order valence-electron chi connectivity index (χ3n) is 5.93. The van der Waals surface area contributed by atoms with Gasteiger partial charge in [-0.25, -0.2) is 4.98 Å². The SMILES string of the molecule is COc1ccc(-c2cc3c(/C=N/O)cccc3nc2N[C@@H]2CCc3ccccc32)cc1. The molecule has 0 spiro atoms. The molecule has 1 atom stereocenters. The number of hydrogen-bond donors (Lipinski definition) is 2. The molecule has 2 N–H and O–H groups in total. The normalized spacial score (nSPS) is 15.3. The van der Waals surface area contributed by atoms with Gasteiger partial charge in [-0.05, 0) is 53.8 Å². The summed E-state index contributed by atoms with van der Waals surface area (Å²) < 4.78 is 5.33. The standard InChI is InChI=1S/C26H23N3O2/c1-31-20-12-9-18(10-13-20)23-15-22-19(16-27-30)6-4-8-24(22)28-26(23)29-25-14-11-17-5-2-3-7-21(17)25/h2-10,12-13,15-16,25,30H,11,14H2,1H3,(H,28,29)/b27-16+/t25-/m1/s1. The van der Waals surface area contributed by atoms with Gasteiger partial charge in [0.15, 0.2) is 0 Å². The number of ether oxygens (including phenoxy) is 1. The second-order valence-corrected chi connectivity index (χ2v) is 7.71. The van der Waals surface area contributed by atoms with Crippen molar-refractivity contribution in [2.45, 2.75) is 18.9 Å². The van der Waals surface area contributed by atoms with E-state index in [-0.39, 0.29) is 6.04 Å². The van der Waals surface area contributed by atoms with E-state index in [1.54, 1.807) is 7.11 Å². The summed E-state index contributed by atoms with van der Waals surface area (Å²) >= 11 is 0. The maximum atomic E-state index is 9.08. The largest absolute Gasteiger partial charge is 0.497 e. The Bertz CT molecular complexity index is 1270. The molecule has 5 nitrogen and oxygen atoms in total.